The highest BCUT2D eigenvalue weighted by Crippen LogP contribution is 2.35. The van der Waals surface area contributed by atoms with E-state index < -0.39 is 17.5 Å². The lowest BCUT2D eigenvalue weighted by atomic mass is 9.95. The Bertz CT molecular complexity index is 1260. The standard InChI is InChI=1S/C23H16FN3O2/c1-13-11-16(14(2)27(13)20-10-6-4-8-18(20)24)22(28)17(12-25)21-15-7-3-5-9-19(15)26-23(21)29/h3-11H,1-2H3,(H,26,29). The molecular weight excluding hydrogens is 369 g/mol. The van der Waals surface area contributed by atoms with E-state index in [1.54, 1.807) is 66.9 Å². The van der Waals surface area contributed by atoms with Crippen LogP contribution in [0.15, 0.2) is 60.2 Å². The first-order valence-corrected chi connectivity index (χ1v) is 8.97. The zero-order chi connectivity index (χ0) is 20.7. The number of hydrogen-bond acceptors (Lipinski definition) is 3. The molecule has 1 aliphatic heterocycles. The van der Waals surface area contributed by atoms with E-state index in [0.29, 0.717) is 28.3 Å². The van der Waals surface area contributed by atoms with Crippen LogP contribution < -0.4 is 5.32 Å². The van der Waals surface area contributed by atoms with E-state index in [4.69, 9.17) is 0 Å². The molecule has 6 heteroatoms. The Balaban J connectivity index is 1.88. The van der Waals surface area contributed by atoms with Gasteiger partial charge in [0, 0.05) is 28.2 Å². The molecule has 4 rings (SSSR count). The van der Waals surface area contributed by atoms with Gasteiger partial charge in [0.25, 0.3) is 5.91 Å². The van der Waals surface area contributed by atoms with Crippen LogP contribution in [-0.4, -0.2) is 16.3 Å². The first kappa shape index (κ1) is 18.4. The molecule has 0 spiro atoms. The van der Waals surface area contributed by atoms with E-state index in [1.807, 2.05) is 6.07 Å². The van der Waals surface area contributed by atoms with Crippen molar-refractivity contribution in [3.05, 3.63) is 88.5 Å². The number of amides is 1. The Labute approximate surface area is 166 Å². The minimum absolute atomic E-state index is 0.0591. The fraction of sp³-hybridized carbons (Fsp3) is 0.0870. The number of carbonyl (C=O) groups excluding carboxylic acids is 2. The summed E-state index contributed by atoms with van der Waals surface area (Å²) in [7, 11) is 0. The van der Waals surface area contributed by atoms with E-state index >= 15 is 0 Å². The van der Waals surface area contributed by atoms with Gasteiger partial charge in [-0.15, -0.1) is 0 Å². The average Bonchev–Trinajstić information content (AvgIpc) is 3.19. The highest BCUT2D eigenvalue weighted by Gasteiger charge is 2.31. The number of nitrogens with one attached hydrogen (secondary N) is 1. The van der Waals surface area contributed by atoms with Gasteiger partial charge in [-0.05, 0) is 38.1 Å². The fourth-order valence-electron chi connectivity index (χ4n) is 3.72. The minimum atomic E-state index is -0.565. The lowest BCUT2D eigenvalue weighted by Gasteiger charge is -2.11. The molecule has 2 aromatic carbocycles. The van der Waals surface area contributed by atoms with Gasteiger partial charge in [0.05, 0.1) is 11.3 Å². The molecule has 5 nitrogen and oxygen atoms in total. The van der Waals surface area contributed by atoms with E-state index in [9.17, 15) is 19.2 Å². The van der Waals surface area contributed by atoms with Crippen molar-refractivity contribution >= 4 is 23.0 Å². The SMILES string of the molecule is Cc1cc(C(=O)C(C#N)=C2C(=O)Nc3ccccc32)c(C)n1-c1ccccc1F. The Morgan fingerprint density at radius 2 is 1.79 bits per heavy atom. The summed E-state index contributed by atoms with van der Waals surface area (Å²) in [5.74, 6) is -1.47. The van der Waals surface area contributed by atoms with Gasteiger partial charge in [0.2, 0.25) is 5.78 Å². The Morgan fingerprint density at radius 1 is 1.10 bits per heavy atom. The molecule has 0 fully saturated rings. The van der Waals surface area contributed by atoms with Gasteiger partial charge in [-0.1, -0.05) is 30.3 Å². The smallest absolute Gasteiger partial charge is 0.257 e. The number of para-hydroxylation sites is 2. The Kier molecular flexibility index (Phi) is 4.36. The molecular formula is C23H16FN3O2. The number of aryl methyl sites for hydroxylation is 1. The number of fused-ring (bicyclic) bond motifs is 1. The van der Waals surface area contributed by atoms with E-state index in [0.717, 1.165) is 0 Å². The number of ketones is 1. The summed E-state index contributed by atoms with van der Waals surface area (Å²) < 4.78 is 15.9. The number of benzene rings is 2. The number of allylic oxidation sites excluding steroid dienone is 1. The predicted octanol–water partition coefficient (Wildman–Crippen LogP) is 4.35. The third kappa shape index (κ3) is 2.84. The summed E-state index contributed by atoms with van der Waals surface area (Å²) >= 11 is 0. The molecule has 1 aliphatic rings. The van der Waals surface area contributed by atoms with Crippen molar-refractivity contribution in [3.63, 3.8) is 0 Å². The van der Waals surface area contributed by atoms with E-state index in [2.05, 4.69) is 5.32 Å². The van der Waals surface area contributed by atoms with Crippen molar-refractivity contribution in [2.75, 3.05) is 5.32 Å². The molecule has 0 saturated carbocycles. The molecule has 1 N–H and O–H groups in total. The van der Waals surface area contributed by atoms with Crippen molar-refractivity contribution in [3.8, 4) is 11.8 Å². The second-order valence-corrected chi connectivity index (χ2v) is 6.76. The molecule has 0 bridgehead atoms. The first-order valence-electron chi connectivity index (χ1n) is 8.97. The van der Waals surface area contributed by atoms with Crippen LogP contribution in [0.4, 0.5) is 10.1 Å². The van der Waals surface area contributed by atoms with Crippen LogP contribution in [-0.2, 0) is 4.79 Å². The predicted molar refractivity (Wildman–Crippen MR) is 107 cm³/mol. The van der Waals surface area contributed by atoms with Gasteiger partial charge < -0.3 is 9.88 Å². The number of halogens is 1. The van der Waals surface area contributed by atoms with Crippen LogP contribution in [0.25, 0.3) is 11.3 Å². The summed E-state index contributed by atoms with van der Waals surface area (Å²) in [4.78, 5) is 25.7. The maximum absolute atomic E-state index is 14.3. The van der Waals surface area contributed by atoms with Crippen molar-refractivity contribution in [2.45, 2.75) is 13.8 Å². The molecule has 142 valence electrons. The van der Waals surface area contributed by atoms with Crippen molar-refractivity contribution in [2.24, 2.45) is 0 Å². The molecule has 2 heterocycles. The molecule has 0 radical (unpaired) electrons. The summed E-state index contributed by atoms with van der Waals surface area (Å²) in [6.45, 7) is 3.45. The average molecular weight is 385 g/mol. The highest BCUT2D eigenvalue weighted by atomic mass is 19.1. The number of hydrogen-bond donors (Lipinski definition) is 1. The molecule has 1 aromatic heterocycles. The van der Waals surface area contributed by atoms with E-state index in [1.165, 1.54) is 6.07 Å². The normalized spacial score (nSPS) is 14.2. The molecule has 29 heavy (non-hydrogen) atoms. The molecule has 3 aromatic rings. The van der Waals surface area contributed by atoms with Crippen molar-refractivity contribution in [1.82, 2.24) is 4.57 Å². The molecule has 0 aliphatic carbocycles. The first-order chi connectivity index (χ1) is 13.9. The number of carbonyl (C=O) groups is 2. The zero-order valence-corrected chi connectivity index (χ0v) is 15.8. The number of rotatable bonds is 3. The van der Waals surface area contributed by atoms with Crippen LogP contribution in [0.2, 0.25) is 0 Å². The van der Waals surface area contributed by atoms with Gasteiger partial charge in [0.15, 0.2) is 0 Å². The second-order valence-electron chi connectivity index (χ2n) is 6.76. The second kappa shape index (κ2) is 6.88. The molecule has 0 atom stereocenters. The Morgan fingerprint density at radius 3 is 2.52 bits per heavy atom. The van der Waals surface area contributed by atoms with Crippen LogP contribution >= 0.6 is 0 Å². The van der Waals surface area contributed by atoms with Crippen LogP contribution in [0.5, 0.6) is 0 Å². The van der Waals surface area contributed by atoms with Gasteiger partial charge in [-0.3, -0.25) is 9.59 Å². The lowest BCUT2D eigenvalue weighted by Crippen LogP contribution is -2.12. The van der Waals surface area contributed by atoms with Gasteiger partial charge in [-0.25, -0.2) is 4.39 Å². The third-order valence-corrected chi connectivity index (χ3v) is 5.03. The highest BCUT2D eigenvalue weighted by molar-refractivity contribution is 6.37. The molecule has 0 saturated heterocycles. The van der Waals surface area contributed by atoms with E-state index in [-0.39, 0.29) is 16.7 Å². The van der Waals surface area contributed by atoms with Gasteiger partial charge in [0.1, 0.15) is 17.5 Å². The Hall–Kier alpha value is -3.98. The topological polar surface area (TPSA) is 74.9 Å². The summed E-state index contributed by atoms with van der Waals surface area (Å²) in [5.41, 5.74) is 2.62. The maximum atomic E-state index is 14.3. The van der Waals surface area contributed by atoms with Crippen molar-refractivity contribution < 1.29 is 14.0 Å². The number of nitrogens with zero attached hydrogens (tertiary/aromatic N) is 2. The van der Waals surface area contributed by atoms with Crippen molar-refractivity contribution in [1.29, 1.82) is 5.26 Å². The quantitative estimate of drug-likeness (QED) is 0.414. The summed E-state index contributed by atoms with van der Waals surface area (Å²) in [5, 5.41) is 12.4. The number of anilines is 1. The van der Waals surface area contributed by atoms with Crippen LogP contribution in [0.3, 0.4) is 0 Å². The largest absolute Gasteiger partial charge is 0.321 e. The summed E-state index contributed by atoms with van der Waals surface area (Å²) in [6, 6.07) is 16.7. The fourth-order valence-corrected chi connectivity index (χ4v) is 3.72. The number of aromatic nitrogens is 1. The molecule has 0 unspecified atom stereocenters. The summed E-state index contributed by atoms with van der Waals surface area (Å²) in [6.07, 6.45) is 0. The lowest BCUT2D eigenvalue weighted by molar-refractivity contribution is -0.110. The maximum Gasteiger partial charge on any atom is 0.257 e. The van der Waals surface area contributed by atoms with Crippen LogP contribution in [0, 0.1) is 31.0 Å². The number of nitriles is 1. The monoisotopic (exact) mass is 385 g/mol. The molecule has 1 amide bonds. The zero-order valence-electron chi connectivity index (χ0n) is 15.8. The third-order valence-electron chi connectivity index (χ3n) is 5.03. The van der Waals surface area contributed by atoms with Gasteiger partial charge in [-0.2, -0.15) is 5.26 Å². The van der Waals surface area contributed by atoms with Crippen LogP contribution in [0.1, 0.15) is 27.3 Å². The minimum Gasteiger partial charge on any atom is -0.321 e. The number of Topliss-reactive ketones (excluding diaryl/α,β-unsaturated/α-hetero) is 1. The van der Waals surface area contributed by atoms with Gasteiger partial charge >= 0.3 is 0 Å².